The van der Waals surface area contributed by atoms with Gasteiger partial charge in [0.15, 0.2) is 10.1 Å². The van der Waals surface area contributed by atoms with Crippen molar-refractivity contribution in [1.82, 2.24) is 19.6 Å². The van der Waals surface area contributed by atoms with Crippen LogP contribution in [0.4, 0.5) is 5.13 Å². The average Bonchev–Trinajstić information content (AvgIpc) is 3.71. The van der Waals surface area contributed by atoms with Gasteiger partial charge < -0.3 is 14.2 Å². The number of anilines is 1. The maximum absolute atomic E-state index is 13.7. The normalized spacial score (nSPS) is 16.3. The van der Waals surface area contributed by atoms with E-state index in [4.69, 9.17) is 4.74 Å². The van der Waals surface area contributed by atoms with Gasteiger partial charge in [0.05, 0.1) is 30.0 Å². The van der Waals surface area contributed by atoms with Crippen LogP contribution in [0, 0.1) is 13.8 Å². The number of benzene rings is 2. The molecule has 2 aromatic carbocycles. The summed E-state index contributed by atoms with van der Waals surface area (Å²) in [6.45, 7) is 3.68. The monoisotopic (exact) mass is 611 g/mol. The van der Waals surface area contributed by atoms with E-state index in [0.717, 1.165) is 11.1 Å². The summed E-state index contributed by atoms with van der Waals surface area (Å²) in [5.41, 5.74) is 4.07. The summed E-state index contributed by atoms with van der Waals surface area (Å²) in [6.07, 6.45) is 1.82. The van der Waals surface area contributed by atoms with Gasteiger partial charge in [-0.2, -0.15) is 0 Å². The number of pyridine rings is 1. The molecular weight excluding hydrogens is 587 g/mol. The highest BCUT2D eigenvalue weighted by atomic mass is 32.2. The molecule has 0 bridgehead atoms. The summed E-state index contributed by atoms with van der Waals surface area (Å²) in [5.74, 6) is -2.00. The van der Waals surface area contributed by atoms with Crippen LogP contribution in [-0.2, 0) is 20.1 Å². The Labute approximate surface area is 254 Å². The van der Waals surface area contributed by atoms with Crippen LogP contribution < -0.4 is 4.90 Å². The standard InChI is InChI=1S/C31H25N5O5S2/c1-17-8-7-15-35-18(2)23(32-27(17)35)25(37)22-24(20-11-13-21(14-12-20)29(40)41-3)36(28(39)26(22)38)30-33-34-31(43-30)42-16-19-9-5-4-6-10-19/h4-15,24,37H,16H2,1-3H3/b25-22+. The molecule has 1 amide bonds. The lowest BCUT2D eigenvalue weighted by molar-refractivity contribution is -0.132. The number of aromatic nitrogens is 4. The van der Waals surface area contributed by atoms with Crippen molar-refractivity contribution in [3.63, 3.8) is 0 Å². The zero-order valence-corrected chi connectivity index (χ0v) is 25.0. The molecule has 1 N–H and O–H groups in total. The minimum atomic E-state index is -1.04. The number of Topliss-reactive ketones (excluding diaryl/α,β-unsaturated/α-hetero) is 1. The number of carbonyl (C=O) groups excluding carboxylic acids is 3. The van der Waals surface area contributed by atoms with Crippen molar-refractivity contribution < 1.29 is 24.2 Å². The summed E-state index contributed by atoms with van der Waals surface area (Å²) in [4.78, 5) is 45.2. The Morgan fingerprint density at radius 1 is 1.02 bits per heavy atom. The van der Waals surface area contributed by atoms with Gasteiger partial charge in [0.2, 0.25) is 5.13 Å². The maximum Gasteiger partial charge on any atom is 0.337 e. The first-order chi connectivity index (χ1) is 20.8. The molecule has 3 aromatic heterocycles. The second-order valence-electron chi connectivity index (χ2n) is 9.84. The third kappa shape index (κ3) is 5.08. The highest BCUT2D eigenvalue weighted by Gasteiger charge is 2.49. The third-order valence-electron chi connectivity index (χ3n) is 7.21. The number of methoxy groups -OCH3 is 1. The summed E-state index contributed by atoms with van der Waals surface area (Å²) in [7, 11) is 1.28. The fourth-order valence-electron chi connectivity index (χ4n) is 5.02. The summed E-state index contributed by atoms with van der Waals surface area (Å²) in [5, 5.41) is 20.4. The molecule has 10 nitrogen and oxygen atoms in total. The highest BCUT2D eigenvalue weighted by Crippen LogP contribution is 2.44. The first-order valence-electron chi connectivity index (χ1n) is 13.2. The van der Waals surface area contributed by atoms with Crippen LogP contribution in [-0.4, -0.2) is 49.5 Å². The molecule has 0 saturated carbocycles. The van der Waals surface area contributed by atoms with Crippen LogP contribution in [0.25, 0.3) is 11.4 Å². The van der Waals surface area contributed by atoms with E-state index >= 15 is 0 Å². The molecule has 0 aliphatic carbocycles. The van der Waals surface area contributed by atoms with E-state index in [1.807, 2.05) is 60.0 Å². The lowest BCUT2D eigenvalue weighted by Crippen LogP contribution is -2.29. The number of ether oxygens (including phenoxy) is 1. The molecule has 0 spiro atoms. The minimum Gasteiger partial charge on any atom is -0.505 e. The van der Waals surface area contributed by atoms with Gasteiger partial charge in [0.1, 0.15) is 11.3 Å². The van der Waals surface area contributed by atoms with Crippen molar-refractivity contribution in [3.8, 4) is 0 Å². The lowest BCUT2D eigenvalue weighted by Gasteiger charge is -2.22. The number of imidazole rings is 1. The molecule has 4 heterocycles. The van der Waals surface area contributed by atoms with Gasteiger partial charge in [-0.25, -0.2) is 9.78 Å². The number of nitrogens with zero attached hydrogens (tertiary/aromatic N) is 5. The van der Waals surface area contributed by atoms with Crippen LogP contribution in [0.2, 0.25) is 0 Å². The first-order valence-corrected chi connectivity index (χ1v) is 15.0. The van der Waals surface area contributed by atoms with E-state index in [-0.39, 0.29) is 16.4 Å². The molecule has 216 valence electrons. The molecular formula is C31H25N5O5S2. The van der Waals surface area contributed by atoms with Crippen molar-refractivity contribution in [3.05, 3.63) is 112 Å². The third-order valence-corrected chi connectivity index (χ3v) is 9.33. The number of thioether (sulfide) groups is 1. The van der Waals surface area contributed by atoms with Crippen molar-refractivity contribution in [2.75, 3.05) is 12.0 Å². The number of aliphatic hydroxyl groups excluding tert-OH is 1. The van der Waals surface area contributed by atoms with Crippen molar-refractivity contribution >= 4 is 57.3 Å². The molecule has 1 unspecified atom stereocenters. The Kier molecular flexibility index (Phi) is 7.55. The predicted octanol–water partition coefficient (Wildman–Crippen LogP) is 5.51. The minimum absolute atomic E-state index is 0.131. The molecule has 1 aliphatic heterocycles. The molecule has 1 fully saturated rings. The smallest absolute Gasteiger partial charge is 0.337 e. The number of esters is 1. The largest absolute Gasteiger partial charge is 0.505 e. The van der Waals surface area contributed by atoms with Crippen molar-refractivity contribution in [2.24, 2.45) is 0 Å². The van der Waals surface area contributed by atoms with Crippen molar-refractivity contribution in [2.45, 2.75) is 30.0 Å². The SMILES string of the molecule is COC(=O)c1ccc(C2/C(=C(\O)c3nc4c(C)cccn4c3C)C(=O)C(=O)N2c2nnc(SCc3ccccc3)s2)cc1. The molecule has 1 atom stereocenters. The quantitative estimate of drug-likeness (QED) is 0.0633. The number of amides is 1. The van der Waals surface area contributed by atoms with E-state index in [1.54, 1.807) is 31.2 Å². The molecule has 1 aliphatic rings. The van der Waals surface area contributed by atoms with Crippen LogP contribution in [0.3, 0.4) is 0 Å². The summed E-state index contributed by atoms with van der Waals surface area (Å²) < 4.78 is 7.26. The fourth-order valence-corrected chi connectivity index (χ4v) is 6.84. The van der Waals surface area contributed by atoms with Crippen LogP contribution in [0.1, 0.15) is 44.5 Å². The second kappa shape index (κ2) is 11.5. The molecule has 5 aromatic rings. The van der Waals surface area contributed by atoms with Crippen LogP contribution in [0.5, 0.6) is 0 Å². The van der Waals surface area contributed by atoms with E-state index in [0.29, 0.717) is 32.6 Å². The predicted molar refractivity (Wildman–Crippen MR) is 163 cm³/mol. The van der Waals surface area contributed by atoms with Gasteiger partial charge in [-0.3, -0.25) is 14.5 Å². The molecule has 1 saturated heterocycles. The van der Waals surface area contributed by atoms with E-state index in [9.17, 15) is 19.5 Å². The van der Waals surface area contributed by atoms with Gasteiger partial charge >= 0.3 is 11.9 Å². The number of ketones is 1. The first kappa shape index (κ1) is 28.3. The highest BCUT2D eigenvalue weighted by molar-refractivity contribution is 8.00. The number of hydrogen-bond acceptors (Lipinski definition) is 10. The van der Waals surface area contributed by atoms with Gasteiger partial charge in [0, 0.05) is 11.9 Å². The summed E-state index contributed by atoms with van der Waals surface area (Å²) >= 11 is 2.65. The Balaban J connectivity index is 1.45. The zero-order valence-electron chi connectivity index (χ0n) is 23.3. The molecule has 6 rings (SSSR count). The number of rotatable bonds is 7. The fraction of sp³-hybridized carbons (Fsp3) is 0.161. The Bertz CT molecular complexity index is 1910. The average molecular weight is 612 g/mol. The van der Waals surface area contributed by atoms with E-state index in [1.165, 1.54) is 35.1 Å². The lowest BCUT2D eigenvalue weighted by atomic mass is 9.95. The topological polar surface area (TPSA) is 127 Å². The molecule has 43 heavy (non-hydrogen) atoms. The molecule has 12 heteroatoms. The molecule has 0 radical (unpaired) electrons. The number of aryl methyl sites for hydroxylation is 2. The van der Waals surface area contributed by atoms with Gasteiger partial charge in [-0.1, -0.05) is 71.6 Å². The van der Waals surface area contributed by atoms with Gasteiger partial charge in [-0.15, -0.1) is 10.2 Å². The number of aliphatic hydroxyl groups is 1. The van der Waals surface area contributed by atoms with Crippen LogP contribution in [0.15, 0.2) is 82.8 Å². The maximum atomic E-state index is 13.7. The Hall–Kier alpha value is -4.81. The number of hydrogen-bond donors (Lipinski definition) is 1. The van der Waals surface area contributed by atoms with Crippen molar-refractivity contribution in [1.29, 1.82) is 0 Å². The number of carbonyl (C=O) groups is 3. The summed E-state index contributed by atoms with van der Waals surface area (Å²) in [6, 6.07) is 18.9. The second-order valence-corrected chi connectivity index (χ2v) is 12.0. The zero-order chi connectivity index (χ0) is 30.2. The van der Waals surface area contributed by atoms with Gasteiger partial charge in [0.25, 0.3) is 5.78 Å². The van der Waals surface area contributed by atoms with Crippen LogP contribution >= 0.6 is 23.1 Å². The van der Waals surface area contributed by atoms with Gasteiger partial charge in [-0.05, 0) is 48.7 Å². The van der Waals surface area contributed by atoms with E-state index in [2.05, 4.69) is 15.2 Å². The Morgan fingerprint density at radius 3 is 2.47 bits per heavy atom. The Morgan fingerprint density at radius 2 is 1.77 bits per heavy atom. The van der Waals surface area contributed by atoms with E-state index < -0.39 is 29.5 Å². The number of fused-ring (bicyclic) bond motifs is 1.